The summed E-state index contributed by atoms with van der Waals surface area (Å²) in [4.78, 5) is 9.05. The Bertz CT molecular complexity index is 2990. The van der Waals surface area contributed by atoms with Crippen LogP contribution >= 0.6 is 0 Å². The van der Waals surface area contributed by atoms with Crippen molar-refractivity contribution in [1.29, 1.82) is 0 Å². The smallest absolute Gasteiger partial charge is 0.161 e. The van der Waals surface area contributed by atoms with Gasteiger partial charge in [-0.25, -0.2) is 5.06 Å². The molecule has 0 bridgehead atoms. The van der Waals surface area contributed by atoms with E-state index < -0.39 is 0 Å². The second kappa shape index (κ2) is 13.0. The Morgan fingerprint density at radius 1 is 0.474 bits per heavy atom. The molecule has 1 heterocycles. The lowest BCUT2D eigenvalue weighted by Crippen LogP contribution is -2.19. The number of anilines is 4. The van der Waals surface area contributed by atoms with Crippen LogP contribution < -0.4 is 14.8 Å². The van der Waals surface area contributed by atoms with Crippen molar-refractivity contribution in [1.82, 2.24) is 0 Å². The summed E-state index contributed by atoms with van der Waals surface area (Å²) in [5, 5.41) is 6.96. The van der Waals surface area contributed by atoms with Crippen molar-refractivity contribution in [3.63, 3.8) is 0 Å². The average molecular weight is 733 g/mol. The highest BCUT2D eigenvalue weighted by molar-refractivity contribution is 6.09. The molecule has 272 valence electrons. The second-order valence-electron chi connectivity index (χ2n) is 15.8. The standard InChI is InChI=1S/C54H40N2O/c1-54(2)50-22-12-11-20-45(50)47-33-48(44-21-13-23-53-49(44)35-55(57-53)40-17-7-4-8-18-40)52(34-51(47)54)56(41-29-26-37(27-30-41)36-14-5-3-6-15-36)42-31-28-39-25-24-38-16-9-10-19-43(38)46(39)32-42/h3-34H,35H2,1-2H3. The fourth-order valence-electron chi connectivity index (χ4n) is 9.23. The molecule has 57 heavy (non-hydrogen) atoms. The van der Waals surface area contributed by atoms with Crippen molar-refractivity contribution in [3.05, 3.63) is 211 Å². The van der Waals surface area contributed by atoms with Gasteiger partial charge in [0.2, 0.25) is 0 Å². The van der Waals surface area contributed by atoms with E-state index in [1.165, 1.54) is 71.6 Å². The van der Waals surface area contributed by atoms with Crippen molar-refractivity contribution in [3.8, 4) is 39.1 Å². The molecule has 0 radical (unpaired) electrons. The molecular formula is C54H40N2O. The molecule has 9 aromatic carbocycles. The summed E-state index contributed by atoms with van der Waals surface area (Å²) >= 11 is 0. The Hall–Kier alpha value is -7.10. The van der Waals surface area contributed by atoms with E-state index in [1.54, 1.807) is 0 Å². The van der Waals surface area contributed by atoms with E-state index in [0.29, 0.717) is 6.54 Å². The van der Waals surface area contributed by atoms with Gasteiger partial charge in [-0.3, -0.25) is 0 Å². The summed E-state index contributed by atoms with van der Waals surface area (Å²) in [6, 6.07) is 70.6. The van der Waals surface area contributed by atoms with Gasteiger partial charge in [-0.2, -0.15) is 0 Å². The number of hydrogen-bond acceptors (Lipinski definition) is 3. The minimum absolute atomic E-state index is 0.187. The Morgan fingerprint density at radius 3 is 1.95 bits per heavy atom. The third-order valence-electron chi connectivity index (χ3n) is 12.1. The number of hydroxylamine groups is 1. The van der Waals surface area contributed by atoms with Gasteiger partial charge in [0, 0.05) is 27.9 Å². The van der Waals surface area contributed by atoms with Gasteiger partial charge in [0.1, 0.15) is 0 Å². The van der Waals surface area contributed by atoms with Gasteiger partial charge in [-0.1, -0.05) is 153 Å². The minimum atomic E-state index is -0.187. The maximum Gasteiger partial charge on any atom is 0.161 e. The lowest BCUT2D eigenvalue weighted by molar-refractivity contribution is 0.308. The molecule has 0 aromatic heterocycles. The predicted molar refractivity (Wildman–Crippen MR) is 238 cm³/mol. The van der Waals surface area contributed by atoms with Gasteiger partial charge in [0.15, 0.2) is 5.75 Å². The van der Waals surface area contributed by atoms with Gasteiger partial charge in [0.25, 0.3) is 0 Å². The van der Waals surface area contributed by atoms with Crippen molar-refractivity contribution in [2.75, 3.05) is 9.96 Å². The van der Waals surface area contributed by atoms with Crippen LogP contribution in [0.25, 0.3) is 54.9 Å². The van der Waals surface area contributed by atoms with Crippen LogP contribution in [0.5, 0.6) is 5.75 Å². The monoisotopic (exact) mass is 732 g/mol. The number of benzene rings is 9. The molecule has 2 aliphatic rings. The van der Waals surface area contributed by atoms with Crippen LogP contribution in [0, 0.1) is 0 Å². The van der Waals surface area contributed by atoms with Crippen LogP contribution in [0.2, 0.25) is 0 Å². The Kier molecular flexibility index (Phi) is 7.58. The maximum atomic E-state index is 6.57. The lowest BCUT2D eigenvalue weighted by Gasteiger charge is -2.31. The zero-order valence-electron chi connectivity index (χ0n) is 32.0. The largest absolute Gasteiger partial charge is 0.379 e. The molecule has 0 amide bonds. The number of rotatable bonds is 6. The first-order chi connectivity index (χ1) is 28.0. The van der Waals surface area contributed by atoms with E-state index in [2.05, 4.69) is 207 Å². The molecule has 1 aliphatic carbocycles. The molecule has 9 aromatic rings. The van der Waals surface area contributed by atoms with Crippen LogP contribution in [0.1, 0.15) is 30.5 Å². The summed E-state index contributed by atoms with van der Waals surface area (Å²) in [6.07, 6.45) is 0. The van der Waals surface area contributed by atoms with E-state index in [-0.39, 0.29) is 5.41 Å². The van der Waals surface area contributed by atoms with E-state index in [9.17, 15) is 0 Å². The third kappa shape index (κ3) is 5.42. The van der Waals surface area contributed by atoms with E-state index in [1.807, 2.05) is 11.1 Å². The molecule has 0 fully saturated rings. The number of nitrogens with zero attached hydrogens (tertiary/aromatic N) is 2. The van der Waals surface area contributed by atoms with Gasteiger partial charge < -0.3 is 9.74 Å². The molecule has 0 saturated carbocycles. The SMILES string of the molecule is CC1(C)c2ccccc2-c2cc(-c3cccc4c3CN(c3ccccc3)O4)c(N(c3ccc(-c4ccccc4)cc3)c3ccc4ccc5ccccc5c4c3)cc21. The molecule has 1 aliphatic heterocycles. The lowest BCUT2D eigenvalue weighted by atomic mass is 9.81. The van der Waals surface area contributed by atoms with Crippen molar-refractivity contribution in [2.24, 2.45) is 0 Å². The topological polar surface area (TPSA) is 15.7 Å². The molecule has 11 rings (SSSR count). The van der Waals surface area contributed by atoms with Crippen molar-refractivity contribution < 1.29 is 4.84 Å². The molecule has 3 nitrogen and oxygen atoms in total. The van der Waals surface area contributed by atoms with Crippen LogP contribution in [-0.4, -0.2) is 0 Å². The summed E-state index contributed by atoms with van der Waals surface area (Å²) in [6.45, 7) is 5.38. The van der Waals surface area contributed by atoms with Gasteiger partial charge in [0.05, 0.1) is 17.9 Å². The normalized spacial score (nSPS) is 13.6. The number of para-hydroxylation sites is 1. The van der Waals surface area contributed by atoms with Crippen LogP contribution in [0.15, 0.2) is 194 Å². The van der Waals surface area contributed by atoms with E-state index >= 15 is 0 Å². The fourth-order valence-corrected chi connectivity index (χ4v) is 9.23. The van der Waals surface area contributed by atoms with Crippen LogP contribution in [-0.2, 0) is 12.0 Å². The number of hydrogen-bond donors (Lipinski definition) is 0. The minimum Gasteiger partial charge on any atom is -0.379 e. The Balaban J connectivity index is 1.18. The number of fused-ring (bicyclic) bond motifs is 7. The average Bonchev–Trinajstić information content (AvgIpc) is 3.81. The van der Waals surface area contributed by atoms with Crippen molar-refractivity contribution in [2.45, 2.75) is 25.8 Å². The summed E-state index contributed by atoms with van der Waals surface area (Å²) in [5.74, 6) is 0.888. The molecule has 0 N–H and O–H groups in total. The molecule has 0 saturated heterocycles. The summed E-state index contributed by atoms with van der Waals surface area (Å²) < 4.78 is 0. The molecule has 0 unspecified atom stereocenters. The van der Waals surface area contributed by atoms with E-state index in [4.69, 9.17) is 4.84 Å². The quantitative estimate of drug-likeness (QED) is 0.158. The van der Waals surface area contributed by atoms with Crippen LogP contribution in [0.4, 0.5) is 22.7 Å². The Morgan fingerprint density at radius 2 is 1.12 bits per heavy atom. The molecular weight excluding hydrogens is 693 g/mol. The molecule has 3 heteroatoms. The van der Waals surface area contributed by atoms with Gasteiger partial charge in [-0.05, 0) is 115 Å². The fraction of sp³-hybridized carbons (Fsp3) is 0.0741. The predicted octanol–water partition coefficient (Wildman–Crippen LogP) is 14.4. The van der Waals surface area contributed by atoms with Gasteiger partial charge >= 0.3 is 0 Å². The second-order valence-corrected chi connectivity index (χ2v) is 15.8. The maximum absolute atomic E-state index is 6.57. The first-order valence-corrected chi connectivity index (χ1v) is 19.8. The first-order valence-electron chi connectivity index (χ1n) is 19.8. The van der Waals surface area contributed by atoms with Crippen LogP contribution in [0.3, 0.4) is 0 Å². The molecule has 0 atom stereocenters. The zero-order chi connectivity index (χ0) is 38.1. The van der Waals surface area contributed by atoms with Gasteiger partial charge in [-0.15, -0.1) is 0 Å². The van der Waals surface area contributed by atoms with Crippen molar-refractivity contribution >= 4 is 44.3 Å². The molecule has 0 spiro atoms. The highest BCUT2D eigenvalue weighted by atomic mass is 16.7. The third-order valence-corrected chi connectivity index (χ3v) is 12.1. The zero-order valence-corrected chi connectivity index (χ0v) is 32.0. The summed E-state index contributed by atoms with van der Waals surface area (Å²) in [7, 11) is 0. The highest BCUT2D eigenvalue weighted by Gasteiger charge is 2.38. The summed E-state index contributed by atoms with van der Waals surface area (Å²) in [5.41, 5.74) is 15.4. The Labute approximate surface area is 333 Å². The van der Waals surface area contributed by atoms with E-state index in [0.717, 1.165) is 28.5 Å². The highest BCUT2D eigenvalue weighted by Crippen LogP contribution is 2.54. The first kappa shape index (κ1) is 33.3.